The Bertz CT molecular complexity index is 1200. The maximum atomic E-state index is 12.7. The number of hydrogen-bond donors (Lipinski definition) is 3. The lowest BCUT2D eigenvalue weighted by Crippen LogP contribution is -2.19. The largest absolute Gasteiger partial charge is 0.355 e. The maximum Gasteiger partial charge on any atom is 0.272 e. The molecule has 0 saturated heterocycles. The molecule has 5 nitrogen and oxygen atoms in total. The summed E-state index contributed by atoms with van der Waals surface area (Å²) in [5, 5.41) is 8.84. The molecule has 6 heteroatoms. The van der Waals surface area contributed by atoms with Crippen LogP contribution >= 0.6 is 11.6 Å². The average molecular weight is 378 g/mol. The van der Waals surface area contributed by atoms with Crippen molar-refractivity contribution in [3.63, 3.8) is 0 Å². The summed E-state index contributed by atoms with van der Waals surface area (Å²) in [5.74, 6) is -0.603. The van der Waals surface area contributed by atoms with Crippen LogP contribution in [0, 0.1) is 0 Å². The van der Waals surface area contributed by atoms with Gasteiger partial charge in [0.15, 0.2) is 0 Å². The highest BCUT2D eigenvalue weighted by atomic mass is 35.5. The van der Waals surface area contributed by atoms with Crippen molar-refractivity contribution >= 4 is 50.8 Å². The molecule has 1 aromatic heterocycles. The summed E-state index contributed by atoms with van der Waals surface area (Å²) in [5.41, 5.74) is 2.13. The highest BCUT2D eigenvalue weighted by molar-refractivity contribution is 6.34. The van der Waals surface area contributed by atoms with Crippen molar-refractivity contribution in [1.29, 1.82) is 0 Å². The normalized spacial score (nSPS) is 10.9. The Balaban J connectivity index is 1.67. The fourth-order valence-electron chi connectivity index (χ4n) is 3.12. The molecule has 0 fully saturated rings. The van der Waals surface area contributed by atoms with E-state index in [9.17, 15) is 9.59 Å². The van der Waals surface area contributed by atoms with Crippen molar-refractivity contribution in [2.24, 2.45) is 0 Å². The number of aromatic amines is 1. The monoisotopic (exact) mass is 377 g/mol. The van der Waals surface area contributed by atoms with Crippen molar-refractivity contribution < 1.29 is 9.59 Å². The van der Waals surface area contributed by atoms with Crippen LogP contribution in [0.1, 0.15) is 20.8 Å². The van der Waals surface area contributed by atoms with E-state index in [1.54, 1.807) is 18.2 Å². The SMILES string of the molecule is CNC(=O)c1cc(NC(=O)c2cc3c(ccc4ccccc43)[nH]2)ccc1Cl. The van der Waals surface area contributed by atoms with Crippen LogP contribution in [0.2, 0.25) is 5.02 Å². The van der Waals surface area contributed by atoms with Crippen molar-refractivity contribution in [3.8, 4) is 0 Å². The molecule has 0 atom stereocenters. The first-order valence-electron chi connectivity index (χ1n) is 8.40. The number of amides is 2. The minimum Gasteiger partial charge on any atom is -0.355 e. The van der Waals surface area contributed by atoms with Crippen molar-refractivity contribution in [3.05, 3.63) is 76.9 Å². The van der Waals surface area contributed by atoms with Gasteiger partial charge in [-0.2, -0.15) is 0 Å². The van der Waals surface area contributed by atoms with E-state index in [4.69, 9.17) is 11.6 Å². The molecule has 3 aromatic carbocycles. The summed E-state index contributed by atoms with van der Waals surface area (Å²) in [6, 6.07) is 18.6. The molecule has 0 aliphatic carbocycles. The summed E-state index contributed by atoms with van der Waals surface area (Å²) >= 11 is 6.05. The van der Waals surface area contributed by atoms with E-state index in [1.807, 2.05) is 42.5 Å². The summed E-state index contributed by atoms with van der Waals surface area (Å²) in [6.07, 6.45) is 0. The van der Waals surface area contributed by atoms with Gasteiger partial charge in [-0.1, -0.05) is 41.9 Å². The topological polar surface area (TPSA) is 74.0 Å². The third-order valence-electron chi connectivity index (χ3n) is 4.47. The average Bonchev–Trinajstić information content (AvgIpc) is 3.14. The maximum absolute atomic E-state index is 12.7. The Morgan fingerprint density at radius 2 is 1.74 bits per heavy atom. The molecule has 0 saturated carbocycles. The van der Waals surface area contributed by atoms with Crippen molar-refractivity contribution in [1.82, 2.24) is 10.3 Å². The van der Waals surface area contributed by atoms with E-state index < -0.39 is 0 Å². The number of hydrogen-bond acceptors (Lipinski definition) is 2. The Hall–Kier alpha value is -3.31. The zero-order valence-corrected chi connectivity index (χ0v) is 15.2. The Morgan fingerprint density at radius 1 is 0.926 bits per heavy atom. The smallest absolute Gasteiger partial charge is 0.272 e. The standard InChI is InChI=1S/C21H16ClN3O2/c1-23-20(26)16-10-13(7-8-17(16)22)24-21(27)19-11-15-14-5-3-2-4-12(14)6-9-18(15)25-19/h2-11,25H,1H3,(H,23,26)(H,24,27). The molecule has 0 aliphatic rings. The first-order chi connectivity index (χ1) is 13.1. The van der Waals surface area contributed by atoms with E-state index in [0.717, 1.165) is 21.7 Å². The van der Waals surface area contributed by atoms with Gasteiger partial charge in [-0.3, -0.25) is 9.59 Å². The molecule has 0 bridgehead atoms. The highest BCUT2D eigenvalue weighted by Crippen LogP contribution is 2.26. The quantitative estimate of drug-likeness (QED) is 0.488. The summed E-state index contributed by atoms with van der Waals surface area (Å²) in [7, 11) is 1.53. The molecular weight excluding hydrogens is 362 g/mol. The van der Waals surface area contributed by atoms with Crippen molar-refractivity contribution in [2.45, 2.75) is 0 Å². The van der Waals surface area contributed by atoms with Gasteiger partial charge in [-0.05, 0) is 41.1 Å². The van der Waals surface area contributed by atoms with E-state index in [1.165, 1.54) is 7.05 Å². The second-order valence-corrected chi connectivity index (χ2v) is 6.57. The molecule has 134 valence electrons. The van der Waals surface area contributed by atoms with Gasteiger partial charge in [-0.15, -0.1) is 0 Å². The predicted octanol–water partition coefficient (Wildman–Crippen LogP) is 4.59. The fraction of sp³-hybridized carbons (Fsp3) is 0.0476. The molecule has 4 aromatic rings. The van der Waals surface area contributed by atoms with E-state index in [-0.39, 0.29) is 11.8 Å². The summed E-state index contributed by atoms with van der Waals surface area (Å²) in [6.45, 7) is 0. The van der Waals surface area contributed by atoms with Gasteiger partial charge in [0, 0.05) is 23.6 Å². The number of carbonyl (C=O) groups is 2. The lowest BCUT2D eigenvalue weighted by Gasteiger charge is -2.08. The van der Waals surface area contributed by atoms with Crippen LogP contribution in [-0.4, -0.2) is 23.8 Å². The van der Waals surface area contributed by atoms with Gasteiger partial charge in [0.1, 0.15) is 5.69 Å². The number of benzene rings is 3. The van der Waals surface area contributed by atoms with Gasteiger partial charge < -0.3 is 15.6 Å². The lowest BCUT2D eigenvalue weighted by atomic mass is 10.1. The van der Waals surface area contributed by atoms with Crippen LogP contribution < -0.4 is 10.6 Å². The van der Waals surface area contributed by atoms with Crippen LogP contribution in [0.4, 0.5) is 5.69 Å². The molecular formula is C21H16ClN3O2. The highest BCUT2D eigenvalue weighted by Gasteiger charge is 2.14. The third-order valence-corrected chi connectivity index (χ3v) is 4.80. The van der Waals surface area contributed by atoms with Gasteiger partial charge in [0.05, 0.1) is 10.6 Å². The number of nitrogens with one attached hydrogen (secondary N) is 3. The number of halogens is 1. The molecule has 0 radical (unpaired) electrons. The molecule has 2 amide bonds. The van der Waals surface area contributed by atoms with Crippen LogP contribution in [0.3, 0.4) is 0 Å². The Morgan fingerprint density at radius 3 is 2.56 bits per heavy atom. The van der Waals surface area contributed by atoms with Crippen LogP contribution in [0.5, 0.6) is 0 Å². The first-order valence-corrected chi connectivity index (χ1v) is 8.78. The van der Waals surface area contributed by atoms with E-state index in [2.05, 4.69) is 15.6 Å². The number of carbonyl (C=O) groups excluding carboxylic acids is 2. The molecule has 1 heterocycles. The lowest BCUT2D eigenvalue weighted by molar-refractivity contribution is 0.0961. The first kappa shape index (κ1) is 17.1. The molecule has 0 spiro atoms. The van der Waals surface area contributed by atoms with Crippen LogP contribution in [0.25, 0.3) is 21.7 Å². The number of H-pyrrole nitrogens is 1. The molecule has 27 heavy (non-hydrogen) atoms. The zero-order chi connectivity index (χ0) is 19.0. The van der Waals surface area contributed by atoms with Gasteiger partial charge in [-0.25, -0.2) is 0 Å². The minimum absolute atomic E-state index is 0.291. The van der Waals surface area contributed by atoms with Gasteiger partial charge in [0.2, 0.25) is 0 Å². The van der Waals surface area contributed by atoms with E-state index >= 15 is 0 Å². The number of aromatic nitrogens is 1. The molecule has 3 N–H and O–H groups in total. The number of anilines is 1. The summed E-state index contributed by atoms with van der Waals surface area (Å²) in [4.78, 5) is 27.7. The van der Waals surface area contributed by atoms with Gasteiger partial charge in [0.25, 0.3) is 11.8 Å². The Kier molecular flexibility index (Phi) is 4.30. The zero-order valence-electron chi connectivity index (χ0n) is 14.5. The Labute approximate surface area is 160 Å². The second kappa shape index (κ2) is 6.78. The second-order valence-electron chi connectivity index (χ2n) is 6.16. The number of fused-ring (bicyclic) bond motifs is 3. The van der Waals surface area contributed by atoms with E-state index in [0.29, 0.717) is 22.0 Å². The molecule has 4 rings (SSSR count). The van der Waals surface area contributed by atoms with Crippen LogP contribution in [0.15, 0.2) is 60.7 Å². The molecule has 0 aliphatic heterocycles. The van der Waals surface area contributed by atoms with Gasteiger partial charge >= 0.3 is 0 Å². The fourth-order valence-corrected chi connectivity index (χ4v) is 3.32. The minimum atomic E-state index is -0.312. The molecule has 0 unspecified atom stereocenters. The van der Waals surface area contributed by atoms with Crippen molar-refractivity contribution in [2.75, 3.05) is 12.4 Å². The third kappa shape index (κ3) is 3.13. The van der Waals surface area contributed by atoms with Crippen LogP contribution in [-0.2, 0) is 0 Å². The predicted molar refractivity (Wildman–Crippen MR) is 109 cm³/mol. The number of rotatable bonds is 3. The summed E-state index contributed by atoms with van der Waals surface area (Å²) < 4.78 is 0.